The molecule has 1 saturated carbocycles. The van der Waals surface area contributed by atoms with Gasteiger partial charge in [0, 0.05) is 19.1 Å². The predicted octanol–water partition coefficient (Wildman–Crippen LogP) is 0.786. The smallest absolute Gasteiger partial charge is 0.325 e. The Bertz CT molecular complexity index is 435. The van der Waals surface area contributed by atoms with Gasteiger partial charge >= 0.3 is 18.0 Å². The lowest BCUT2D eigenvalue weighted by Gasteiger charge is -2.27. The molecule has 1 saturated heterocycles. The van der Waals surface area contributed by atoms with E-state index < -0.39 is 17.9 Å². The number of rotatable bonds is 5. The van der Waals surface area contributed by atoms with E-state index >= 15 is 0 Å². The second kappa shape index (κ2) is 6.32. The zero-order chi connectivity index (χ0) is 15.6. The van der Waals surface area contributed by atoms with Crippen LogP contribution < -0.4 is 0 Å². The topological polar surface area (TPSA) is 87.2 Å². The quantitative estimate of drug-likeness (QED) is 0.758. The summed E-state index contributed by atoms with van der Waals surface area (Å²) < 4.78 is 4.90. The lowest BCUT2D eigenvalue weighted by molar-refractivity contribution is -0.144. The van der Waals surface area contributed by atoms with Crippen LogP contribution in [0.4, 0.5) is 4.79 Å². The Hall–Kier alpha value is -1.79. The SMILES string of the molecule is CCOC(=O)CN(C(=O)N1C[C@@H](C)[C@H](C(=O)O)C1)C1CC1. The van der Waals surface area contributed by atoms with Crippen LogP contribution in [0.25, 0.3) is 0 Å². The summed E-state index contributed by atoms with van der Waals surface area (Å²) >= 11 is 0. The van der Waals surface area contributed by atoms with Gasteiger partial charge in [-0.3, -0.25) is 9.59 Å². The minimum absolute atomic E-state index is 0.0556. The summed E-state index contributed by atoms with van der Waals surface area (Å²) in [5.74, 6) is -1.89. The summed E-state index contributed by atoms with van der Waals surface area (Å²) in [5.41, 5.74) is 0. The van der Waals surface area contributed by atoms with Gasteiger partial charge in [0.1, 0.15) is 6.54 Å². The van der Waals surface area contributed by atoms with Gasteiger partial charge in [-0.1, -0.05) is 6.92 Å². The first-order chi connectivity index (χ1) is 9.93. The van der Waals surface area contributed by atoms with Crippen LogP contribution in [-0.2, 0) is 14.3 Å². The predicted molar refractivity (Wildman–Crippen MR) is 73.6 cm³/mol. The molecule has 2 atom stereocenters. The number of carbonyl (C=O) groups excluding carboxylic acids is 2. The zero-order valence-corrected chi connectivity index (χ0v) is 12.4. The maximum atomic E-state index is 12.5. The van der Waals surface area contributed by atoms with Crippen molar-refractivity contribution in [3.63, 3.8) is 0 Å². The largest absolute Gasteiger partial charge is 0.481 e. The van der Waals surface area contributed by atoms with Gasteiger partial charge < -0.3 is 19.6 Å². The van der Waals surface area contributed by atoms with Crippen molar-refractivity contribution in [2.45, 2.75) is 32.7 Å². The third-order valence-electron chi connectivity index (χ3n) is 4.04. The van der Waals surface area contributed by atoms with Crippen LogP contribution in [-0.4, -0.2) is 65.2 Å². The van der Waals surface area contributed by atoms with Gasteiger partial charge in [0.05, 0.1) is 12.5 Å². The van der Waals surface area contributed by atoms with Gasteiger partial charge in [0.15, 0.2) is 0 Å². The van der Waals surface area contributed by atoms with Gasteiger partial charge in [-0.15, -0.1) is 0 Å². The van der Waals surface area contributed by atoms with E-state index in [1.54, 1.807) is 11.8 Å². The fraction of sp³-hybridized carbons (Fsp3) is 0.786. The standard InChI is InChI=1S/C14H22N2O5/c1-3-21-12(17)8-16(10-4-5-10)14(20)15-6-9(2)11(7-15)13(18)19/h9-11H,3-8H2,1-2H3,(H,18,19)/t9-,11-/m1/s1. The summed E-state index contributed by atoms with van der Waals surface area (Å²) in [6.45, 7) is 4.41. The summed E-state index contributed by atoms with van der Waals surface area (Å²) in [7, 11) is 0. The first kappa shape index (κ1) is 15.6. The molecule has 2 fully saturated rings. The lowest BCUT2D eigenvalue weighted by atomic mass is 9.99. The summed E-state index contributed by atoms with van der Waals surface area (Å²) in [6.07, 6.45) is 1.77. The molecule has 0 aromatic rings. The molecule has 21 heavy (non-hydrogen) atoms. The van der Waals surface area contributed by atoms with Crippen LogP contribution in [0.3, 0.4) is 0 Å². The maximum Gasteiger partial charge on any atom is 0.325 e. The van der Waals surface area contributed by atoms with Gasteiger partial charge in [0.25, 0.3) is 0 Å². The minimum Gasteiger partial charge on any atom is -0.481 e. The number of carboxylic acid groups (broad SMARTS) is 1. The molecule has 0 aromatic heterocycles. The molecule has 118 valence electrons. The molecule has 2 aliphatic rings. The molecule has 7 heteroatoms. The number of carboxylic acids is 1. The van der Waals surface area contributed by atoms with Crippen molar-refractivity contribution in [2.24, 2.45) is 11.8 Å². The molecule has 0 spiro atoms. The van der Waals surface area contributed by atoms with E-state index in [1.165, 1.54) is 4.90 Å². The minimum atomic E-state index is -0.874. The van der Waals surface area contributed by atoms with E-state index in [0.29, 0.717) is 6.54 Å². The highest BCUT2D eigenvalue weighted by molar-refractivity contribution is 5.82. The molecule has 2 rings (SSSR count). The highest BCUT2D eigenvalue weighted by atomic mass is 16.5. The van der Waals surface area contributed by atoms with Gasteiger partial charge in [-0.25, -0.2) is 4.79 Å². The van der Waals surface area contributed by atoms with Crippen LogP contribution in [0, 0.1) is 11.8 Å². The Kier molecular flexibility index (Phi) is 4.69. The van der Waals surface area contributed by atoms with E-state index in [4.69, 9.17) is 9.84 Å². The highest BCUT2D eigenvalue weighted by Gasteiger charge is 2.42. The van der Waals surface area contributed by atoms with Gasteiger partial charge in [-0.05, 0) is 25.7 Å². The number of ether oxygens (including phenoxy) is 1. The van der Waals surface area contributed by atoms with Crippen molar-refractivity contribution < 1.29 is 24.2 Å². The van der Waals surface area contributed by atoms with Gasteiger partial charge in [-0.2, -0.15) is 0 Å². The first-order valence-electron chi connectivity index (χ1n) is 7.38. The normalized spacial score (nSPS) is 24.8. The van der Waals surface area contributed by atoms with Gasteiger partial charge in [0.2, 0.25) is 0 Å². The molecule has 2 amide bonds. The van der Waals surface area contributed by atoms with Crippen molar-refractivity contribution in [3.05, 3.63) is 0 Å². The van der Waals surface area contributed by atoms with Crippen molar-refractivity contribution in [2.75, 3.05) is 26.2 Å². The second-order valence-corrected chi connectivity index (χ2v) is 5.77. The number of aliphatic carboxylic acids is 1. The molecular weight excluding hydrogens is 276 g/mol. The number of nitrogens with zero attached hydrogens (tertiary/aromatic N) is 2. The number of urea groups is 1. The van der Waals surface area contributed by atoms with Crippen LogP contribution in [0.5, 0.6) is 0 Å². The fourth-order valence-electron chi connectivity index (χ4n) is 2.71. The summed E-state index contributed by atoms with van der Waals surface area (Å²) in [6, 6.07) is -0.165. The molecule has 1 aliphatic carbocycles. The Labute approximate surface area is 123 Å². The van der Waals surface area contributed by atoms with Crippen LogP contribution in [0.1, 0.15) is 26.7 Å². The van der Waals surface area contributed by atoms with E-state index in [1.807, 2.05) is 6.92 Å². The van der Waals surface area contributed by atoms with E-state index in [2.05, 4.69) is 0 Å². The molecule has 1 heterocycles. The maximum absolute atomic E-state index is 12.5. The third-order valence-corrected chi connectivity index (χ3v) is 4.04. The monoisotopic (exact) mass is 298 g/mol. The molecule has 1 N–H and O–H groups in total. The molecule has 0 aromatic carbocycles. The molecule has 1 aliphatic heterocycles. The first-order valence-corrected chi connectivity index (χ1v) is 7.38. The third kappa shape index (κ3) is 3.65. The lowest BCUT2D eigenvalue weighted by Crippen LogP contribution is -2.46. The number of amides is 2. The zero-order valence-electron chi connectivity index (χ0n) is 12.4. The van der Waals surface area contributed by atoms with Crippen molar-refractivity contribution in [3.8, 4) is 0 Å². The van der Waals surface area contributed by atoms with Crippen molar-refractivity contribution >= 4 is 18.0 Å². The van der Waals surface area contributed by atoms with Crippen molar-refractivity contribution in [1.29, 1.82) is 0 Å². The Morgan fingerprint density at radius 2 is 1.95 bits per heavy atom. The van der Waals surface area contributed by atoms with E-state index in [-0.39, 0.29) is 37.7 Å². The number of esters is 1. The molecule has 0 bridgehead atoms. The Morgan fingerprint density at radius 1 is 1.29 bits per heavy atom. The summed E-state index contributed by atoms with van der Waals surface area (Å²) in [4.78, 5) is 38.3. The fourth-order valence-corrected chi connectivity index (χ4v) is 2.71. The number of carbonyl (C=O) groups is 3. The summed E-state index contributed by atoms with van der Waals surface area (Å²) in [5, 5.41) is 9.13. The van der Waals surface area contributed by atoms with Crippen LogP contribution in [0.15, 0.2) is 0 Å². The van der Waals surface area contributed by atoms with Crippen LogP contribution in [0.2, 0.25) is 0 Å². The number of hydrogen-bond donors (Lipinski definition) is 1. The molecule has 7 nitrogen and oxygen atoms in total. The second-order valence-electron chi connectivity index (χ2n) is 5.77. The molecule has 0 radical (unpaired) electrons. The molecular formula is C14H22N2O5. The van der Waals surface area contributed by atoms with Crippen molar-refractivity contribution in [1.82, 2.24) is 9.80 Å². The van der Waals surface area contributed by atoms with Crippen LogP contribution >= 0.6 is 0 Å². The van der Waals surface area contributed by atoms with E-state index in [0.717, 1.165) is 12.8 Å². The Balaban J connectivity index is 1.99. The average Bonchev–Trinajstić information content (AvgIpc) is 3.17. The van der Waals surface area contributed by atoms with E-state index in [9.17, 15) is 14.4 Å². The number of likely N-dealkylation sites (tertiary alicyclic amines) is 1. The Morgan fingerprint density at radius 3 is 2.43 bits per heavy atom. The molecule has 0 unspecified atom stereocenters. The number of hydrogen-bond acceptors (Lipinski definition) is 4. The highest BCUT2D eigenvalue weighted by Crippen LogP contribution is 2.30. The average molecular weight is 298 g/mol.